The van der Waals surface area contributed by atoms with Crippen molar-refractivity contribution in [3.8, 4) is 5.75 Å². The van der Waals surface area contributed by atoms with E-state index in [2.05, 4.69) is 4.57 Å². The van der Waals surface area contributed by atoms with E-state index in [1.54, 1.807) is 7.11 Å². The molecule has 2 heterocycles. The van der Waals surface area contributed by atoms with Gasteiger partial charge in [0.15, 0.2) is 0 Å². The summed E-state index contributed by atoms with van der Waals surface area (Å²) in [6.07, 6.45) is 2.02. The van der Waals surface area contributed by atoms with E-state index in [1.807, 2.05) is 25.1 Å². The molecule has 0 amide bonds. The molecule has 0 spiro atoms. The average Bonchev–Trinajstić information content (AvgIpc) is 2.97. The number of benzene rings is 1. The minimum Gasteiger partial charge on any atom is -0.497 e. The maximum absolute atomic E-state index is 12.2. The van der Waals surface area contributed by atoms with E-state index in [9.17, 15) is 4.79 Å². The first-order valence-electron chi connectivity index (χ1n) is 6.62. The number of ether oxygens (including phenoxy) is 2. The molecule has 19 heavy (non-hydrogen) atoms. The Bertz CT molecular complexity index is 642. The quantitative estimate of drug-likeness (QED) is 0.796. The Labute approximate surface area is 111 Å². The molecule has 1 aromatic carbocycles. The van der Waals surface area contributed by atoms with Crippen molar-refractivity contribution in [2.75, 3.05) is 13.7 Å². The van der Waals surface area contributed by atoms with Crippen molar-refractivity contribution < 1.29 is 14.3 Å². The SMILES string of the molecule is CCOC(=O)c1c2n(c3ccc(OC)cc13)CCC2. The summed E-state index contributed by atoms with van der Waals surface area (Å²) in [6.45, 7) is 3.20. The van der Waals surface area contributed by atoms with E-state index < -0.39 is 0 Å². The summed E-state index contributed by atoms with van der Waals surface area (Å²) in [5.74, 6) is 0.540. The fourth-order valence-corrected chi connectivity index (χ4v) is 2.86. The number of carbonyl (C=O) groups is 1. The topological polar surface area (TPSA) is 40.5 Å². The molecule has 0 N–H and O–H groups in total. The highest BCUT2D eigenvalue weighted by Crippen LogP contribution is 2.34. The summed E-state index contributed by atoms with van der Waals surface area (Å²) in [7, 11) is 1.63. The number of carbonyl (C=O) groups excluding carboxylic acids is 1. The lowest BCUT2D eigenvalue weighted by Gasteiger charge is -2.04. The lowest BCUT2D eigenvalue weighted by Crippen LogP contribution is -2.06. The van der Waals surface area contributed by atoms with Gasteiger partial charge < -0.3 is 14.0 Å². The lowest BCUT2D eigenvalue weighted by molar-refractivity contribution is 0.0527. The molecule has 0 bridgehead atoms. The zero-order valence-electron chi connectivity index (χ0n) is 11.2. The summed E-state index contributed by atoms with van der Waals surface area (Å²) in [4.78, 5) is 12.2. The zero-order valence-corrected chi connectivity index (χ0v) is 11.2. The molecule has 1 aromatic heterocycles. The summed E-state index contributed by atoms with van der Waals surface area (Å²) >= 11 is 0. The van der Waals surface area contributed by atoms with E-state index in [-0.39, 0.29) is 5.97 Å². The van der Waals surface area contributed by atoms with Crippen LogP contribution < -0.4 is 4.74 Å². The van der Waals surface area contributed by atoms with Crippen LogP contribution in [0.1, 0.15) is 29.4 Å². The van der Waals surface area contributed by atoms with Gasteiger partial charge in [-0.3, -0.25) is 0 Å². The Hall–Kier alpha value is -1.97. The highest BCUT2D eigenvalue weighted by atomic mass is 16.5. The van der Waals surface area contributed by atoms with E-state index >= 15 is 0 Å². The number of aryl methyl sites for hydroxylation is 1. The van der Waals surface area contributed by atoms with Gasteiger partial charge in [-0.05, 0) is 38.0 Å². The van der Waals surface area contributed by atoms with Gasteiger partial charge in [0.1, 0.15) is 5.75 Å². The molecule has 0 saturated heterocycles. The molecule has 100 valence electrons. The van der Waals surface area contributed by atoms with Crippen LogP contribution in [-0.2, 0) is 17.7 Å². The second kappa shape index (κ2) is 4.61. The molecule has 1 aliphatic heterocycles. The molecular formula is C15H17NO3. The monoisotopic (exact) mass is 259 g/mol. The molecule has 0 fully saturated rings. The van der Waals surface area contributed by atoms with Crippen LogP contribution in [0.4, 0.5) is 0 Å². The van der Waals surface area contributed by atoms with Gasteiger partial charge in [0.05, 0.1) is 19.3 Å². The number of esters is 1. The highest BCUT2D eigenvalue weighted by Gasteiger charge is 2.26. The Morgan fingerprint density at radius 3 is 3.00 bits per heavy atom. The van der Waals surface area contributed by atoms with Crippen LogP contribution in [0.2, 0.25) is 0 Å². The molecule has 0 saturated carbocycles. The Morgan fingerprint density at radius 1 is 1.42 bits per heavy atom. The Morgan fingerprint density at radius 2 is 2.26 bits per heavy atom. The normalized spacial score (nSPS) is 13.6. The van der Waals surface area contributed by atoms with Crippen molar-refractivity contribution in [1.29, 1.82) is 0 Å². The molecule has 4 nitrogen and oxygen atoms in total. The van der Waals surface area contributed by atoms with Gasteiger partial charge in [0.2, 0.25) is 0 Å². The van der Waals surface area contributed by atoms with E-state index in [0.29, 0.717) is 12.2 Å². The van der Waals surface area contributed by atoms with Crippen LogP contribution in [0, 0.1) is 0 Å². The first-order valence-corrected chi connectivity index (χ1v) is 6.62. The Balaban J connectivity index is 2.25. The summed E-state index contributed by atoms with van der Waals surface area (Å²) in [6, 6.07) is 5.88. The smallest absolute Gasteiger partial charge is 0.340 e. The number of hydrogen-bond acceptors (Lipinski definition) is 3. The largest absolute Gasteiger partial charge is 0.497 e. The minimum absolute atomic E-state index is 0.226. The van der Waals surface area contributed by atoms with Crippen LogP contribution in [0.5, 0.6) is 5.75 Å². The standard InChI is InChI=1S/C15H17NO3/c1-3-19-15(17)14-11-9-10(18-2)6-7-12(11)16-8-4-5-13(14)16/h6-7,9H,3-5,8H2,1-2H3. The summed E-state index contributed by atoms with van der Waals surface area (Å²) in [5.41, 5.74) is 2.91. The van der Waals surface area contributed by atoms with Crippen LogP contribution in [-0.4, -0.2) is 24.3 Å². The minimum atomic E-state index is -0.226. The van der Waals surface area contributed by atoms with Gasteiger partial charge in [0.25, 0.3) is 0 Å². The van der Waals surface area contributed by atoms with E-state index in [0.717, 1.165) is 41.7 Å². The van der Waals surface area contributed by atoms with Crippen molar-refractivity contribution in [2.24, 2.45) is 0 Å². The van der Waals surface area contributed by atoms with Crippen LogP contribution in [0.25, 0.3) is 10.9 Å². The zero-order chi connectivity index (χ0) is 13.4. The van der Waals surface area contributed by atoms with Gasteiger partial charge in [0, 0.05) is 23.1 Å². The average molecular weight is 259 g/mol. The third kappa shape index (κ3) is 1.79. The fourth-order valence-electron chi connectivity index (χ4n) is 2.86. The van der Waals surface area contributed by atoms with Crippen LogP contribution >= 0.6 is 0 Å². The Kier molecular flexibility index (Phi) is 2.93. The summed E-state index contributed by atoms with van der Waals surface area (Å²) < 4.78 is 12.7. The number of aromatic nitrogens is 1. The van der Waals surface area contributed by atoms with Crippen molar-refractivity contribution >= 4 is 16.9 Å². The van der Waals surface area contributed by atoms with Crippen molar-refractivity contribution in [2.45, 2.75) is 26.3 Å². The highest BCUT2D eigenvalue weighted by molar-refractivity contribution is 6.06. The fraction of sp³-hybridized carbons (Fsp3) is 0.400. The van der Waals surface area contributed by atoms with Crippen LogP contribution in [0.3, 0.4) is 0 Å². The number of rotatable bonds is 3. The van der Waals surface area contributed by atoms with Gasteiger partial charge in [-0.15, -0.1) is 0 Å². The second-order valence-corrected chi connectivity index (χ2v) is 4.68. The van der Waals surface area contributed by atoms with Crippen molar-refractivity contribution in [1.82, 2.24) is 4.57 Å². The molecule has 1 aliphatic rings. The third-order valence-corrected chi connectivity index (χ3v) is 3.65. The number of methoxy groups -OCH3 is 1. The molecular weight excluding hydrogens is 242 g/mol. The molecule has 4 heteroatoms. The molecule has 0 aliphatic carbocycles. The third-order valence-electron chi connectivity index (χ3n) is 3.65. The van der Waals surface area contributed by atoms with Crippen LogP contribution in [0.15, 0.2) is 18.2 Å². The number of fused-ring (bicyclic) bond motifs is 3. The first kappa shape index (κ1) is 12.1. The second-order valence-electron chi connectivity index (χ2n) is 4.68. The number of nitrogens with zero attached hydrogens (tertiary/aromatic N) is 1. The van der Waals surface area contributed by atoms with Gasteiger partial charge in [-0.1, -0.05) is 0 Å². The number of hydrogen-bond donors (Lipinski definition) is 0. The molecule has 0 unspecified atom stereocenters. The maximum atomic E-state index is 12.2. The molecule has 0 radical (unpaired) electrons. The van der Waals surface area contributed by atoms with Gasteiger partial charge in [-0.2, -0.15) is 0 Å². The van der Waals surface area contributed by atoms with Crippen molar-refractivity contribution in [3.63, 3.8) is 0 Å². The van der Waals surface area contributed by atoms with Crippen molar-refractivity contribution in [3.05, 3.63) is 29.5 Å². The lowest BCUT2D eigenvalue weighted by atomic mass is 10.1. The van der Waals surface area contributed by atoms with Gasteiger partial charge in [-0.25, -0.2) is 4.79 Å². The molecule has 0 atom stereocenters. The molecule has 2 aromatic rings. The molecule has 3 rings (SSSR count). The summed E-state index contributed by atoms with van der Waals surface area (Å²) in [5, 5.41) is 0.938. The predicted octanol–water partition coefficient (Wildman–Crippen LogP) is 2.77. The van der Waals surface area contributed by atoms with Gasteiger partial charge >= 0.3 is 5.97 Å². The van der Waals surface area contributed by atoms with E-state index in [4.69, 9.17) is 9.47 Å². The maximum Gasteiger partial charge on any atom is 0.340 e. The first-order chi connectivity index (χ1) is 9.26. The predicted molar refractivity (Wildman–Crippen MR) is 72.8 cm³/mol. The van der Waals surface area contributed by atoms with E-state index in [1.165, 1.54) is 0 Å².